The molecule has 0 unspecified atom stereocenters. The van der Waals surface area contributed by atoms with Crippen LogP contribution in [0.4, 0.5) is 0 Å². The van der Waals surface area contributed by atoms with Gasteiger partial charge in [-0.3, -0.25) is 4.99 Å². The van der Waals surface area contributed by atoms with E-state index in [0.717, 1.165) is 16.4 Å². The Labute approximate surface area is 155 Å². The molecule has 25 heavy (non-hydrogen) atoms. The van der Waals surface area contributed by atoms with Crippen molar-refractivity contribution in [3.8, 4) is 0 Å². The molecule has 0 amide bonds. The third-order valence-corrected chi connectivity index (χ3v) is 3.30. The Hall–Kier alpha value is -2.78. The molecule has 0 aliphatic heterocycles. The van der Waals surface area contributed by atoms with E-state index >= 15 is 0 Å². The molecule has 0 fully saturated rings. The first-order valence-electron chi connectivity index (χ1n) is 7.68. The van der Waals surface area contributed by atoms with Crippen LogP contribution in [0.3, 0.4) is 0 Å². The van der Waals surface area contributed by atoms with Gasteiger partial charge in [-0.2, -0.15) is 12.6 Å². The van der Waals surface area contributed by atoms with Gasteiger partial charge >= 0.3 is 0 Å². The molecular formula is C22H23NOS. The third-order valence-electron chi connectivity index (χ3n) is 3.15. The summed E-state index contributed by atoms with van der Waals surface area (Å²) < 4.78 is 5.85. The van der Waals surface area contributed by atoms with Gasteiger partial charge in [0, 0.05) is 11.8 Å². The molecule has 0 aliphatic rings. The van der Waals surface area contributed by atoms with Crippen LogP contribution in [0, 0.1) is 0 Å². The maximum absolute atomic E-state index is 5.85. The predicted octanol–water partition coefficient (Wildman–Crippen LogP) is 4.77. The van der Waals surface area contributed by atoms with Crippen LogP contribution in [0.5, 0.6) is 0 Å². The molecule has 0 N–H and O–H groups in total. The molecule has 0 aliphatic carbocycles. The predicted molar refractivity (Wildman–Crippen MR) is 114 cm³/mol. The van der Waals surface area contributed by atoms with Crippen molar-refractivity contribution in [2.45, 2.75) is 6.92 Å². The molecule has 0 saturated carbocycles. The Bertz CT molecular complexity index is 858. The smallest absolute Gasteiger partial charge is 0.135 e. The summed E-state index contributed by atoms with van der Waals surface area (Å²) in [6.45, 7) is 17.4. The highest BCUT2D eigenvalue weighted by Crippen LogP contribution is 2.15. The molecule has 128 valence electrons. The van der Waals surface area contributed by atoms with Crippen LogP contribution in [-0.4, -0.2) is 5.71 Å². The lowest BCUT2D eigenvalue weighted by atomic mass is 10.1. The molecule has 0 aromatic carbocycles. The van der Waals surface area contributed by atoms with Gasteiger partial charge in [-0.1, -0.05) is 56.7 Å². The fourth-order valence-electron chi connectivity index (χ4n) is 1.99. The molecule has 2 nitrogen and oxygen atoms in total. The van der Waals surface area contributed by atoms with Crippen molar-refractivity contribution in [2.75, 3.05) is 0 Å². The average molecular weight is 349 g/mol. The van der Waals surface area contributed by atoms with Gasteiger partial charge in [-0.05, 0) is 47.4 Å². The molecule has 1 aromatic rings. The summed E-state index contributed by atoms with van der Waals surface area (Å²) in [7, 11) is 0. The number of thiol groups is 1. The van der Waals surface area contributed by atoms with E-state index in [0.29, 0.717) is 16.9 Å². The Kier molecular flexibility index (Phi) is 8.83. The standard InChI is InChI=1S/C22H23NOS/c1-6-19(13-14-25)21(23-8-3)16-20(7-2)22-15-17(4)11-9-10-12-18(5)24-22/h6-16,25H,2-5H2,1H3/b11-9?,12-10?,14-13-,19-6+,20-16+,22-15?,23-21+. The Balaban J connectivity index is 3.70. The van der Waals surface area contributed by atoms with E-state index in [2.05, 4.69) is 43.9 Å². The molecule has 1 heterocycles. The van der Waals surface area contributed by atoms with Crippen molar-refractivity contribution in [2.24, 2.45) is 4.99 Å². The summed E-state index contributed by atoms with van der Waals surface area (Å²) in [6.07, 6.45) is 8.85. The molecular weight excluding hydrogens is 326 g/mol. The fraction of sp³-hybridized carbons (Fsp3) is 0.0455. The normalized spacial score (nSPS) is 12.8. The van der Waals surface area contributed by atoms with E-state index in [9.17, 15) is 0 Å². The summed E-state index contributed by atoms with van der Waals surface area (Å²) in [5, 5.41) is 2.45. The Morgan fingerprint density at radius 3 is 2.52 bits per heavy atom. The fourth-order valence-corrected chi connectivity index (χ4v) is 2.15. The molecule has 0 atom stereocenters. The lowest BCUT2D eigenvalue weighted by Crippen LogP contribution is -2.01. The number of allylic oxidation sites excluding steroid dienone is 6. The number of aliphatic imine (C=N–C) groups is 1. The van der Waals surface area contributed by atoms with Crippen LogP contribution >= 0.6 is 12.6 Å². The molecule has 3 heteroatoms. The van der Waals surface area contributed by atoms with E-state index in [-0.39, 0.29) is 0 Å². The van der Waals surface area contributed by atoms with Gasteiger partial charge in [-0.15, -0.1) is 0 Å². The van der Waals surface area contributed by atoms with Crippen LogP contribution in [0.15, 0.2) is 94.4 Å². The minimum atomic E-state index is 0.516. The second-order valence-electron chi connectivity index (χ2n) is 4.93. The average Bonchev–Trinajstić information content (AvgIpc) is 2.67. The van der Waals surface area contributed by atoms with E-state index in [1.807, 2.05) is 49.4 Å². The second kappa shape index (κ2) is 10.9. The molecule has 1 aromatic heterocycles. The van der Waals surface area contributed by atoms with Gasteiger partial charge in [0.25, 0.3) is 0 Å². The Morgan fingerprint density at radius 2 is 1.92 bits per heavy atom. The maximum Gasteiger partial charge on any atom is 0.135 e. The largest absolute Gasteiger partial charge is 0.457 e. The van der Waals surface area contributed by atoms with E-state index in [1.165, 1.54) is 6.20 Å². The van der Waals surface area contributed by atoms with E-state index < -0.39 is 0 Å². The lowest BCUT2D eigenvalue weighted by Gasteiger charge is -2.05. The minimum Gasteiger partial charge on any atom is -0.457 e. The van der Waals surface area contributed by atoms with Crippen LogP contribution in [0.2, 0.25) is 0 Å². The lowest BCUT2D eigenvalue weighted by molar-refractivity contribution is 0.509. The van der Waals surface area contributed by atoms with Gasteiger partial charge in [0.2, 0.25) is 0 Å². The van der Waals surface area contributed by atoms with Crippen molar-refractivity contribution in [3.63, 3.8) is 0 Å². The maximum atomic E-state index is 5.85. The monoisotopic (exact) mass is 349 g/mol. The zero-order valence-electron chi connectivity index (χ0n) is 14.5. The van der Waals surface area contributed by atoms with Crippen LogP contribution in [0.1, 0.15) is 12.7 Å². The molecule has 0 spiro atoms. The summed E-state index contributed by atoms with van der Waals surface area (Å²) in [5.41, 5.74) is 2.88. The minimum absolute atomic E-state index is 0.516. The van der Waals surface area contributed by atoms with Crippen LogP contribution in [-0.2, 0) is 0 Å². The number of nitrogens with zero attached hydrogens (tertiary/aromatic N) is 1. The number of rotatable bonds is 6. The molecule has 0 radical (unpaired) electrons. The van der Waals surface area contributed by atoms with Gasteiger partial charge in [0.05, 0.1) is 5.71 Å². The summed E-state index contributed by atoms with van der Waals surface area (Å²) in [6, 6.07) is 9.23. The van der Waals surface area contributed by atoms with Gasteiger partial charge in [0.1, 0.15) is 11.2 Å². The number of hydrogen-bond acceptors (Lipinski definition) is 3. The quantitative estimate of drug-likeness (QED) is 0.447. The van der Waals surface area contributed by atoms with Crippen LogP contribution < -0.4 is 10.6 Å². The van der Waals surface area contributed by atoms with Crippen molar-refractivity contribution in [1.82, 2.24) is 0 Å². The SMILES string of the molecule is C=C/N=C(\C=C(/C=C)c1cc(=C)ccccc(=C)o1)C(/C=C\S)=C/C. The first-order valence-corrected chi connectivity index (χ1v) is 8.20. The first kappa shape index (κ1) is 20.3. The highest BCUT2D eigenvalue weighted by molar-refractivity contribution is 7.83. The highest BCUT2D eigenvalue weighted by Gasteiger charge is 2.05. The van der Waals surface area contributed by atoms with Crippen molar-refractivity contribution in [3.05, 3.63) is 101 Å². The summed E-state index contributed by atoms with van der Waals surface area (Å²) in [5.74, 6) is 0.586. The third kappa shape index (κ3) is 6.69. The zero-order chi connectivity index (χ0) is 18.7. The van der Waals surface area contributed by atoms with Gasteiger partial charge in [-0.25, -0.2) is 0 Å². The van der Waals surface area contributed by atoms with Crippen molar-refractivity contribution < 1.29 is 4.42 Å². The van der Waals surface area contributed by atoms with Gasteiger partial charge < -0.3 is 4.42 Å². The van der Waals surface area contributed by atoms with E-state index in [1.54, 1.807) is 17.6 Å². The molecule has 0 bridgehead atoms. The molecule has 0 saturated heterocycles. The van der Waals surface area contributed by atoms with E-state index in [4.69, 9.17) is 4.42 Å². The first-order chi connectivity index (χ1) is 12.0. The summed E-state index contributed by atoms with van der Waals surface area (Å²) in [4.78, 5) is 4.34. The number of hydrogen-bond donors (Lipinski definition) is 1. The van der Waals surface area contributed by atoms with Crippen LogP contribution in [0.25, 0.3) is 18.7 Å². The van der Waals surface area contributed by atoms with Crippen molar-refractivity contribution >= 4 is 37.1 Å². The second-order valence-corrected chi connectivity index (χ2v) is 5.23. The molecule has 1 rings (SSSR count). The zero-order valence-corrected chi connectivity index (χ0v) is 15.4. The Morgan fingerprint density at radius 1 is 1.20 bits per heavy atom. The summed E-state index contributed by atoms with van der Waals surface area (Å²) >= 11 is 4.14. The van der Waals surface area contributed by atoms with Gasteiger partial charge in [0.15, 0.2) is 0 Å². The topological polar surface area (TPSA) is 25.5 Å². The highest BCUT2D eigenvalue weighted by atomic mass is 32.1. The van der Waals surface area contributed by atoms with Crippen molar-refractivity contribution in [1.29, 1.82) is 0 Å².